The lowest BCUT2D eigenvalue weighted by Crippen LogP contribution is -2.30. The van der Waals surface area contributed by atoms with Gasteiger partial charge in [0.2, 0.25) is 5.91 Å². The Labute approximate surface area is 119 Å². The maximum Gasteiger partial charge on any atom is 0.227 e. The van der Waals surface area contributed by atoms with Crippen molar-refractivity contribution < 1.29 is 4.79 Å². The number of allylic oxidation sites excluding steroid dienone is 4. The standard InChI is InChI=1S/C16H19N3O/c1-11(13-8-14(17)10-18-9-13)4-6-15-12(2)5-7-16(20)19(15)3/h4,6,8-10H,2,5,7,17H2,1,3H3/b11-4+,15-6+. The van der Waals surface area contributed by atoms with Crippen LogP contribution in [0.5, 0.6) is 0 Å². The molecule has 2 heterocycles. The van der Waals surface area contributed by atoms with Crippen molar-refractivity contribution in [2.24, 2.45) is 0 Å². The van der Waals surface area contributed by atoms with Gasteiger partial charge in [-0.25, -0.2) is 0 Å². The van der Waals surface area contributed by atoms with Crippen molar-refractivity contribution >= 4 is 17.2 Å². The van der Waals surface area contributed by atoms with Gasteiger partial charge in [-0.05, 0) is 42.2 Å². The second-order valence-corrected chi connectivity index (χ2v) is 4.96. The molecule has 2 N–H and O–H groups in total. The Morgan fingerprint density at radius 3 is 2.90 bits per heavy atom. The molecule has 0 saturated carbocycles. The van der Waals surface area contributed by atoms with Gasteiger partial charge in [0, 0.05) is 31.6 Å². The molecule has 0 spiro atoms. The van der Waals surface area contributed by atoms with Crippen LogP contribution < -0.4 is 5.73 Å². The van der Waals surface area contributed by atoms with Crippen molar-refractivity contribution in [1.82, 2.24) is 9.88 Å². The average molecular weight is 269 g/mol. The number of likely N-dealkylation sites (tertiary alicyclic amines) is 1. The quantitative estimate of drug-likeness (QED) is 0.898. The van der Waals surface area contributed by atoms with Crippen molar-refractivity contribution in [3.05, 3.63) is 54.0 Å². The monoisotopic (exact) mass is 269 g/mol. The number of hydrogen-bond acceptors (Lipinski definition) is 3. The fourth-order valence-corrected chi connectivity index (χ4v) is 2.13. The van der Waals surface area contributed by atoms with Gasteiger partial charge in [-0.2, -0.15) is 0 Å². The number of pyridine rings is 1. The highest BCUT2D eigenvalue weighted by Gasteiger charge is 2.21. The molecule has 1 aliphatic rings. The maximum atomic E-state index is 11.7. The topological polar surface area (TPSA) is 59.2 Å². The Kier molecular flexibility index (Phi) is 4.03. The predicted molar refractivity (Wildman–Crippen MR) is 81.5 cm³/mol. The zero-order valence-corrected chi connectivity index (χ0v) is 11.9. The van der Waals surface area contributed by atoms with Gasteiger partial charge in [0.05, 0.1) is 5.69 Å². The van der Waals surface area contributed by atoms with Gasteiger partial charge in [-0.3, -0.25) is 9.78 Å². The van der Waals surface area contributed by atoms with E-state index in [0.29, 0.717) is 12.1 Å². The molecular formula is C16H19N3O. The van der Waals surface area contributed by atoms with Crippen LogP contribution in [-0.4, -0.2) is 22.8 Å². The molecule has 4 nitrogen and oxygen atoms in total. The smallest absolute Gasteiger partial charge is 0.227 e. The highest BCUT2D eigenvalue weighted by atomic mass is 16.2. The van der Waals surface area contributed by atoms with E-state index >= 15 is 0 Å². The van der Waals surface area contributed by atoms with Crippen molar-refractivity contribution in [2.75, 3.05) is 12.8 Å². The summed E-state index contributed by atoms with van der Waals surface area (Å²) in [4.78, 5) is 17.4. The molecule has 0 unspecified atom stereocenters. The number of nitrogens with zero attached hydrogens (tertiary/aromatic N) is 2. The lowest BCUT2D eigenvalue weighted by Gasteiger charge is -2.27. The van der Waals surface area contributed by atoms with Gasteiger partial charge in [-0.15, -0.1) is 0 Å². The van der Waals surface area contributed by atoms with Crippen LogP contribution in [0.2, 0.25) is 0 Å². The average Bonchev–Trinajstić information content (AvgIpc) is 2.43. The summed E-state index contributed by atoms with van der Waals surface area (Å²) in [6, 6.07) is 1.88. The summed E-state index contributed by atoms with van der Waals surface area (Å²) in [5.74, 6) is 0.125. The van der Waals surface area contributed by atoms with E-state index in [4.69, 9.17) is 5.73 Å². The molecule has 1 aromatic rings. The Hall–Kier alpha value is -2.36. The van der Waals surface area contributed by atoms with Crippen molar-refractivity contribution in [1.29, 1.82) is 0 Å². The van der Waals surface area contributed by atoms with E-state index in [1.807, 2.05) is 25.1 Å². The fourth-order valence-electron chi connectivity index (χ4n) is 2.13. The minimum Gasteiger partial charge on any atom is -0.397 e. The van der Waals surface area contributed by atoms with Crippen LogP contribution in [0.3, 0.4) is 0 Å². The number of likely N-dealkylation sites (N-methyl/N-ethyl adjacent to an activating group) is 1. The van der Waals surface area contributed by atoms with Gasteiger partial charge in [-0.1, -0.05) is 12.7 Å². The number of aromatic nitrogens is 1. The first kappa shape index (κ1) is 14.1. The van der Waals surface area contributed by atoms with Gasteiger partial charge < -0.3 is 10.6 Å². The highest BCUT2D eigenvalue weighted by molar-refractivity contribution is 5.81. The van der Waals surface area contributed by atoms with Crippen LogP contribution in [-0.2, 0) is 4.79 Å². The number of nitrogen functional groups attached to an aromatic ring is 1. The third-order valence-electron chi connectivity index (χ3n) is 3.44. The van der Waals surface area contributed by atoms with Crippen LogP contribution in [0.25, 0.3) is 5.57 Å². The molecule has 4 heteroatoms. The molecular weight excluding hydrogens is 250 g/mol. The number of hydrogen-bond donors (Lipinski definition) is 1. The minimum absolute atomic E-state index is 0.125. The molecule has 1 aliphatic heterocycles. The third kappa shape index (κ3) is 2.96. The number of amides is 1. The second-order valence-electron chi connectivity index (χ2n) is 4.96. The van der Waals surface area contributed by atoms with E-state index in [1.165, 1.54) is 0 Å². The largest absolute Gasteiger partial charge is 0.397 e. The molecule has 1 amide bonds. The first-order valence-corrected chi connectivity index (χ1v) is 6.53. The molecule has 0 radical (unpaired) electrons. The molecule has 104 valence electrons. The normalized spacial score (nSPS) is 18.8. The van der Waals surface area contributed by atoms with E-state index in [9.17, 15) is 4.79 Å². The Bertz CT molecular complexity index is 614. The molecule has 0 bridgehead atoms. The first-order valence-electron chi connectivity index (χ1n) is 6.53. The van der Waals surface area contributed by atoms with Gasteiger partial charge in [0.15, 0.2) is 0 Å². The number of anilines is 1. The SMILES string of the molecule is C=C1CCC(=O)N(C)/C1=C/C=C(\C)c1cncc(N)c1. The maximum absolute atomic E-state index is 11.7. The van der Waals surface area contributed by atoms with Crippen LogP contribution in [0.4, 0.5) is 5.69 Å². The van der Waals surface area contributed by atoms with Crippen LogP contribution >= 0.6 is 0 Å². The van der Waals surface area contributed by atoms with E-state index < -0.39 is 0 Å². The number of carbonyl (C=O) groups is 1. The summed E-state index contributed by atoms with van der Waals surface area (Å²) in [5.41, 5.74) is 10.2. The lowest BCUT2D eigenvalue weighted by molar-refractivity contribution is -0.128. The summed E-state index contributed by atoms with van der Waals surface area (Å²) in [6.07, 6.45) is 8.54. The molecule has 20 heavy (non-hydrogen) atoms. The lowest BCUT2D eigenvalue weighted by atomic mass is 10.0. The van der Waals surface area contributed by atoms with Gasteiger partial charge in [0.25, 0.3) is 0 Å². The van der Waals surface area contributed by atoms with E-state index in [-0.39, 0.29) is 5.91 Å². The Morgan fingerprint density at radius 1 is 1.45 bits per heavy atom. The highest BCUT2D eigenvalue weighted by Crippen LogP contribution is 2.25. The molecule has 1 saturated heterocycles. The molecule has 0 aromatic carbocycles. The first-order chi connectivity index (χ1) is 9.49. The van der Waals surface area contributed by atoms with E-state index in [2.05, 4.69) is 11.6 Å². The van der Waals surface area contributed by atoms with Gasteiger partial charge >= 0.3 is 0 Å². The summed E-state index contributed by atoms with van der Waals surface area (Å²) in [6.45, 7) is 6.01. The van der Waals surface area contributed by atoms with E-state index in [0.717, 1.165) is 28.8 Å². The van der Waals surface area contributed by atoms with E-state index in [1.54, 1.807) is 24.3 Å². The number of piperidine rings is 1. The summed E-state index contributed by atoms with van der Waals surface area (Å²) in [5, 5.41) is 0. The summed E-state index contributed by atoms with van der Waals surface area (Å²) < 4.78 is 0. The Morgan fingerprint density at radius 2 is 2.20 bits per heavy atom. The summed E-state index contributed by atoms with van der Waals surface area (Å²) >= 11 is 0. The minimum atomic E-state index is 0.125. The third-order valence-corrected chi connectivity index (χ3v) is 3.44. The fraction of sp³-hybridized carbons (Fsp3) is 0.250. The van der Waals surface area contributed by atoms with Crippen molar-refractivity contribution in [2.45, 2.75) is 19.8 Å². The van der Waals surface area contributed by atoms with Gasteiger partial charge in [0.1, 0.15) is 0 Å². The zero-order chi connectivity index (χ0) is 14.7. The van der Waals surface area contributed by atoms with Crippen LogP contribution in [0.15, 0.2) is 48.5 Å². The zero-order valence-electron chi connectivity index (χ0n) is 11.9. The second kappa shape index (κ2) is 5.74. The predicted octanol–water partition coefficient (Wildman–Crippen LogP) is 2.76. The van der Waals surface area contributed by atoms with Crippen molar-refractivity contribution in [3.63, 3.8) is 0 Å². The molecule has 2 rings (SSSR count). The number of carbonyl (C=O) groups excluding carboxylic acids is 1. The Balaban J connectivity index is 2.28. The number of rotatable bonds is 2. The molecule has 0 aliphatic carbocycles. The number of nitrogens with two attached hydrogens (primary N) is 1. The molecule has 1 fully saturated rings. The molecule has 0 atom stereocenters. The summed E-state index contributed by atoms with van der Waals surface area (Å²) in [7, 11) is 1.78. The van der Waals surface area contributed by atoms with Crippen molar-refractivity contribution in [3.8, 4) is 0 Å². The van der Waals surface area contributed by atoms with Crippen LogP contribution in [0.1, 0.15) is 25.3 Å². The van der Waals surface area contributed by atoms with Crippen LogP contribution in [0, 0.1) is 0 Å². The molecule has 1 aromatic heterocycles.